The zero-order valence-electron chi connectivity index (χ0n) is 16.9. The number of hydrogen-bond acceptors (Lipinski definition) is 4. The zero-order valence-corrected chi connectivity index (χ0v) is 17.7. The summed E-state index contributed by atoms with van der Waals surface area (Å²) in [7, 11) is 1.89. The van der Waals surface area contributed by atoms with Gasteiger partial charge in [0.25, 0.3) is 0 Å². The van der Waals surface area contributed by atoms with E-state index in [4.69, 9.17) is 4.74 Å². The summed E-state index contributed by atoms with van der Waals surface area (Å²) < 4.78 is 18.7. The molecule has 0 saturated heterocycles. The van der Waals surface area contributed by atoms with E-state index in [-0.39, 0.29) is 5.82 Å². The molecule has 1 unspecified atom stereocenters. The normalized spacial score (nSPS) is 12.4. The van der Waals surface area contributed by atoms with Crippen LogP contribution in [0.4, 0.5) is 4.39 Å². The van der Waals surface area contributed by atoms with Crippen molar-refractivity contribution >= 4 is 23.4 Å². The first kappa shape index (κ1) is 22.8. The average Bonchev–Trinajstić information content (AvgIpc) is 2.73. The van der Waals surface area contributed by atoms with Crippen molar-refractivity contribution in [2.75, 3.05) is 19.4 Å². The summed E-state index contributed by atoms with van der Waals surface area (Å²) in [6.45, 7) is 2.44. The number of carboxylic acids is 1. The number of thioether (sulfide) groups is 1. The monoisotopic (exact) mass is 417 g/mol. The van der Waals surface area contributed by atoms with Crippen LogP contribution in [0.2, 0.25) is 0 Å². The first-order chi connectivity index (χ1) is 14.0. The van der Waals surface area contributed by atoms with Crippen molar-refractivity contribution in [3.63, 3.8) is 0 Å². The molecule has 0 aliphatic heterocycles. The van der Waals surface area contributed by atoms with Crippen molar-refractivity contribution < 1.29 is 19.0 Å². The van der Waals surface area contributed by atoms with E-state index >= 15 is 0 Å². The van der Waals surface area contributed by atoms with E-state index in [1.165, 1.54) is 12.1 Å². The minimum Gasteiger partial charge on any atom is -0.494 e. The van der Waals surface area contributed by atoms with Crippen molar-refractivity contribution in [3.8, 4) is 5.75 Å². The predicted octanol–water partition coefficient (Wildman–Crippen LogP) is 5.20. The van der Waals surface area contributed by atoms with E-state index in [0.717, 1.165) is 28.3 Å². The highest BCUT2D eigenvalue weighted by molar-refractivity contribution is 8.02. The van der Waals surface area contributed by atoms with Crippen molar-refractivity contribution in [3.05, 3.63) is 70.9 Å². The van der Waals surface area contributed by atoms with Crippen LogP contribution in [0.25, 0.3) is 5.70 Å². The second kappa shape index (κ2) is 12.2. The summed E-state index contributed by atoms with van der Waals surface area (Å²) in [6, 6.07) is 13.9. The van der Waals surface area contributed by atoms with Crippen LogP contribution in [0.3, 0.4) is 0 Å². The molecule has 0 aliphatic carbocycles. The Morgan fingerprint density at radius 3 is 2.45 bits per heavy atom. The largest absolute Gasteiger partial charge is 0.494 e. The van der Waals surface area contributed by atoms with Gasteiger partial charge in [0.15, 0.2) is 0 Å². The minimum absolute atomic E-state index is 0.288. The molecular formula is C23H28FNO3S. The van der Waals surface area contributed by atoms with E-state index in [0.29, 0.717) is 25.9 Å². The highest BCUT2D eigenvalue weighted by Gasteiger charge is 2.17. The highest BCUT2D eigenvalue weighted by Crippen LogP contribution is 2.21. The molecule has 6 heteroatoms. The summed E-state index contributed by atoms with van der Waals surface area (Å²) in [5, 5.41) is 14.7. The van der Waals surface area contributed by atoms with Crippen LogP contribution in [-0.4, -0.2) is 30.5 Å². The van der Waals surface area contributed by atoms with Gasteiger partial charge >= 0.3 is 5.97 Å². The second-order valence-corrected chi connectivity index (χ2v) is 7.75. The number of carbonyl (C=O) groups is 1. The van der Waals surface area contributed by atoms with E-state index in [1.54, 1.807) is 23.9 Å². The van der Waals surface area contributed by atoms with E-state index in [2.05, 4.69) is 17.6 Å². The third-order valence-electron chi connectivity index (χ3n) is 4.58. The van der Waals surface area contributed by atoms with Crippen LogP contribution < -0.4 is 10.1 Å². The summed E-state index contributed by atoms with van der Waals surface area (Å²) >= 11 is 1.73. The lowest BCUT2D eigenvalue weighted by molar-refractivity contribution is -0.142. The molecule has 0 bridgehead atoms. The maximum atomic E-state index is 13.0. The number of ether oxygens (including phenoxy) is 1. The maximum absolute atomic E-state index is 13.0. The van der Waals surface area contributed by atoms with Crippen molar-refractivity contribution in [2.24, 2.45) is 5.92 Å². The van der Waals surface area contributed by atoms with Crippen LogP contribution in [-0.2, 0) is 11.2 Å². The molecule has 156 valence electrons. The number of halogens is 1. The Labute approximate surface area is 176 Å². The smallest absolute Gasteiger partial charge is 0.306 e. The molecule has 0 spiro atoms. The Hall–Kier alpha value is -2.47. The molecule has 1 atom stereocenters. The lowest BCUT2D eigenvalue weighted by Gasteiger charge is -2.14. The summed E-state index contributed by atoms with van der Waals surface area (Å²) in [6.07, 6.45) is 1.52. The number of nitrogens with one attached hydrogen (secondary N) is 1. The van der Waals surface area contributed by atoms with Gasteiger partial charge in [-0.1, -0.05) is 19.1 Å². The molecule has 2 rings (SSSR count). The molecule has 2 N–H and O–H groups in total. The molecular weight excluding hydrogens is 389 g/mol. The Morgan fingerprint density at radius 1 is 1.17 bits per heavy atom. The average molecular weight is 418 g/mol. The molecule has 2 aromatic carbocycles. The maximum Gasteiger partial charge on any atom is 0.306 e. The van der Waals surface area contributed by atoms with Gasteiger partial charge in [0.05, 0.1) is 12.5 Å². The fourth-order valence-corrected chi connectivity index (χ4v) is 3.46. The predicted molar refractivity (Wildman–Crippen MR) is 118 cm³/mol. The van der Waals surface area contributed by atoms with Crippen LogP contribution in [0.1, 0.15) is 30.9 Å². The summed E-state index contributed by atoms with van der Waals surface area (Å²) in [4.78, 5) is 11.5. The van der Waals surface area contributed by atoms with Crippen LogP contribution in [0.15, 0.2) is 53.9 Å². The number of hydrogen-bond donors (Lipinski definition) is 2. The van der Waals surface area contributed by atoms with Gasteiger partial charge in [-0.05, 0) is 77.9 Å². The van der Waals surface area contributed by atoms with Gasteiger partial charge in [0.2, 0.25) is 0 Å². The van der Waals surface area contributed by atoms with Gasteiger partial charge in [-0.15, -0.1) is 11.8 Å². The molecule has 0 amide bonds. The van der Waals surface area contributed by atoms with Gasteiger partial charge in [-0.2, -0.15) is 0 Å². The molecule has 0 radical (unpaired) electrons. The highest BCUT2D eigenvalue weighted by atomic mass is 32.2. The number of benzene rings is 2. The number of carboxylic acid groups (broad SMARTS) is 1. The summed E-state index contributed by atoms with van der Waals surface area (Å²) in [5.74, 6) is 0.116. The van der Waals surface area contributed by atoms with Gasteiger partial charge in [0.1, 0.15) is 11.6 Å². The lowest BCUT2D eigenvalue weighted by Crippen LogP contribution is -2.17. The quantitative estimate of drug-likeness (QED) is 0.497. The molecule has 29 heavy (non-hydrogen) atoms. The van der Waals surface area contributed by atoms with Gasteiger partial charge < -0.3 is 15.2 Å². The van der Waals surface area contributed by atoms with E-state index in [1.807, 2.05) is 31.3 Å². The molecule has 0 aromatic heterocycles. The molecule has 0 fully saturated rings. The number of rotatable bonds is 12. The van der Waals surface area contributed by atoms with Gasteiger partial charge in [0, 0.05) is 12.7 Å². The third kappa shape index (κ3) is 7.81. The molecule has 4 nitrogen and oxygen atoms in total. The Bertz CT molecular complexity index is 791. The van der Waals surface area contributed by atoms with E-state index in [9.17, 15) is 14.3 Å². The van der Waals surface area contributed by atoms with Crippen LogP contribution in [0, 0.1) is 11.7 Å². The lowest BCUT2D eigenvalue weighted by atomic mass is 9.97. The van der Waals surface area contributed by atoms with Gasteiger partial charge in [-0.3, -0.25) is 4.79 Å². The number of aryl methyl sites for hydroxylation is 1. The SMILES string of the molecule is CCS/C=C(\NC)c1ccc(OCCC(CCc2ccc(F)cc2)C(=O)O)cc1. The Morgan fingerprint density at radius 2 is 1.86 bits per heavy atom. The molecule has 0 heterocycles. The van der Waals surface area contributed by atoms with Crippen LogP contribution in [0.5, 0.6) is 5.75 Å². The molecule has 0 aliphatic rings. The first-order valence-corrected chi connectivity index (χ1v) is 10.8. The van der Waals surface area contributed by atoms with Crippen molar-refractivity contribution in [2.45, 2.75) is 26.2 Å². The zero-order chi connectivity index (χ0) is 21.1. The minimum atomic E-state index is -0.830. The second-order valence-electron chi connectivity index (χ2n) is 6.60. The first-order valence-electron chi connectivity index (χ1n) is 9.73. The third-order valence-corrected chi connectivity index (χ3v) is 5.32. The summed E-state index contributed by atoms with van der Waals surface area (Å²) in [5.41, 5.74) is 3.06. The van der Waals surface area contributed by atoms with Gasteiger partial charge in [-0.25, -0.2) is 4.39 Å². The topological polar surface area (TPSA) is 58.6 Å². The van der Waals surface area contributed by atoms with Crippen molar-refractivity contribution in [1.29, 1.82) is 0 Å². The number of aliphatic carboxylic acids is 1. The Balaban J connectivity index is 1.84. The van der Waals surface area contributed by atoms with Crippen LogP contribution >= 0.6 is 11.8 Å². The van der Waals surface area contributed by atoms with Crippen molar-refractivity contribution in [1.82, 2.24) is 5.32 Å². The fraction of sp³-hybridized carbons (Fsp3) is 0.348. The fourth-order valence-electron chi connectivity index (χ4n) is 2.87. The molecule has 0 saturated carbocycles. The Kier molecular flexibility index (Phi) is 9.57. The standard InChI is InChI=1S/C23H28FNO3S/c1-3-29-16-22(25-2)18-8-12-21(13-9-18)28-15-14-19(23(26)27)7-4-17-5-10-20(24)11-6-17/h5-6,8-13,16,19,25H,3-4,7,14-15H2,1-2H3,(H,26,27)/b22-16-. The van der Waals surface area contributed by atoms with E-state index < -0.39 is 11.9 Å². The molecule has 2 aromatic rings.